The molecule has 0 saturated carbocycles. The van der Waals surface area contributed by atoms with Crippen molar-refractivity contribution >= 4 is 29.9 Å². The van der Waals surface area contributed by atoms with E-state index in [1.54, 1.807) is 0 Å². The van der Waals surface area contributed by atoms with Gasteiger partial charge in [0, 0.05) is 66.1 Å². The molecule has 1 aromatic rings. The van der Waals surface area contributed by atoms with Gasteiger partial charge in [-0.05, 0) is 30.0 Å². The molecule has 0 atom stereocenters. The van der Waals surface area contributed by atoms with Crippen LogP contribution in [-0.2, 0) is 17.8 Å². The van der Waals surface area contributed by atoms with E-state index in [9.17, 15) is 0 Å². The van der Waals surface area contributed by atoms with Gasteiger partial charge in [0.1, 0.15) is 0 Å². The standard InChI is InChI=1S/C23H41N5O.HI/c1-5-27-12-14-28(15-13-27)18-22-9-7-21(8-10-22)17-26-23(24-4)25-11-6-16-29-19-20(2)3;/h7-10,20H,5-6,11-19H2,1-4H3,(H2,24,25,26);1H. The summed E-state index contributed by atoms with van der Waals surface area (Å²) in [5.41, 5.74) is 2.66. The highest BCUT2D eigenvalue weighted by atomic mass is 127. The smallest absolute Gasteiger partial charge is 0.191 e. The molecular formula is C23H42IN5O. The van der Waals surface area contributed by atoms with E-state index < -0.39 is 0 Å². The van der Waals surface area contributed by atoms with E-state index in [-0.39, 0.29) is 24.0 Å². The number of ether oxygens (including phenoxy) is 1. The summed E-state index contributed by atoms with van der Waals surface area (Å²) in [6.45, 7) is 16.8. The number of hydrogen-bond donors (Lipinski definition) is 2. The van der Waals surface area contributed by atoms with Gasteiger partial charge in [0.05, 0.1) is 0 Å². The van der Waals surface area contributed by atoms with Crippen molar-refractivity contribution in [2.45, 2.75) is 40.3 Å². The van der Waals surface area contributed by atoms with Crippen LogP contribution >= 0.6 is 24.0 Å². The molecule has 0 bridgehead atoms. The molecule has 2 rings (SSSR count). The molecule has 1 heterocycles. The Morgan fingerprint density at radius 3 is 2.27 bits per heavy atom. The van der Waals surface area contributed by atoms with Crippen molar-refractivity contribution in [3.05, 3.63) is 35.4 Å². The summed E-state index contributed by atoms with van der Waals surface area (Å²) in [5, 5.41) is 6.74. The maximum Gasteiger partial charge on any atom is 0.191 e. The molecule has 1 fully saturated rings. The largest absolute Gasteiger partial charge is 0.381 e. The summed E-state index contributed by atoms with van der Waals surface area (Å²) in [6, 6.07) is 8.95. The lowest BCUT2D eigenvalue weighted by atomic mass is 10.1. The molecule has 7 heteroatoms. The van der Waals surface area contributed by atoms with E-state index >= 15 is 0 Å². The second-order valence-electron chi connectivity index (χ2n) is 8.20. The van der Waals surface area contributed by atoms with Crippen molar-refractivity contribution in [3.63, 3.8) is 0 Å². The minimum absolute atomic E-state index is 0. The molecule has 30 heavy (non-hydrogen) atoms. The van der Waals surface area contributed by atoms with E-state index in [2.05, 4.69) is 70.5 Å². The van der Waals surface area contributed by atoms with Crippen LogP contribution in [0.2, 0.25) is 0 Å². The molecule has 0 spiro atoms. The van der Waals surface area contributed by atoms with Crippen LogP contribution in [0.1, 0.15) is 38.3 Å². The molecule has 0 radical (unpaired) electrons. The molecule has 2 N–H and O–H groups in total. The van der Waals surface area contributed by atoms with Crippen LogP contribution in [-0.4, -0.2) is 75.3 Å². The fourth-order valence-corrected chi connectivity index (χ4v) is 3.39. The monoisotopic (exact) mass is 531 g/mol. The molecule has 0 unspecified atom stereocenters. The summed E-state index contributed by atoms with van der Waals surface area (Å²) in [6.07, 6.45) is 0.981. The minimum Gasteiger partial charge on any atom is -0.381 e. The van der Waals surface area contributed by atoms with Gasteiger partial charge in [-0.15, -0.1) is 24.0 Å². The van der Waals surface area contributed by atoms with Crippen LogP contribution in [0.15, 0.2) is 29.3 Å². The Kier molecular flexibility index (Phi) is 14.3. The lowest BCUT2D eigenvalue weighted by Gasteiger charge is -2.34. The summed E-state index contributed by atoms with van der Waals surface area (Å²) in [7, 11) is 1.81. The lowest BCUT2D eigenvalue weighted by Crippen LogP contribution is -2.45. The predicted molar refractivity (Wildman–Crippen MR) is 138 cm³/mol. The third-order valence-electron chi connectivity index (χ3n) is 5.23. The van der Waals surface area contributed by atoms with Crippen LogP contribution in [0, 0.1) is 5.92 Å². The Labute approximate surface area is 200 Å². The lowest BCUT2D eigenvalue weighted by molar-refractivity contribution is 0.108. The first-order valence-electron chi connectivity index (χ1n) is 11.2. The van der Waals surface area contributed by atoms with Gasteiger partial charge in [-0.2, -0.15) is 0 Å². The fraction of sp³-hybridized carbons (Fsp3) is 0.696. The van der Waals surface area contributed by atoms with Gasteiger partial charge in [0.15, 0.2) is 5.96 Å². The van der Waals surface area contributed by atoms with Crippen molar-refractivity contribution in [1.82, 2.24) is 20.4 Å². The second kappa shape index (κ2) is 15.8. The zero-order valence-electron chi connectivity index (χ0n) is 19.3. The summed E-state index contributed by atoms with van der Waals surface area (Å²) in [5.74, 6) is 1.43. The minimum atomic E-state index is 0. The quantitative estimate of drug-likeness (QED) is 0.199. The number of hydrogen-bond acceptors (Lipinski definition) is 4. The van der Waals surface area contributed by atoms with Gasteiger partial charge in [0.25, 0.3) is 0 Å². The van der Waals surface area contributed by atoms with Crippen molar-refractivity contribution in [2.24, 2.45) is 10.9 Å². The van der Waals surface area contributed by atoms with E-state index in [4.69, 9.17) is 4.74 Å². The Hall–Kier alpha value is -0.900. The van der Waals surface area contributed by atoms with Crippen LogP contribution in [0.3, 0.4) is 0 Å². The number of nitrogens with one attached hydrogen (secondary N) is 2. The van der Waals surface area contributed by atoms with Crippen molar-refractivity contribution in [3.8, 4) is 0 Å². The van der Waals surface area contributed by atoms with Crippen LogP contribution in [0.5, 0.6) is 0 Å². The van der Waals surface area contributed by atoms with Gasteiger partial charge < -0.3 is 20.3 Å². The summed E-state index contributed by atoms with van der Waals surface area (Å²) >= 11 is 0. The third-order valence-corrected chi connectivity index (χ3v) is 5.23. The summed E-state index contributed by atoms with van der Waals surface area (Å²) < 4.78 is 5.61. The molecule has 1 saturated heterocycles. The fourth-order valence-electron chi connectivity index (χ4n) is 3.39. The third kappa shape index (κ3) is 10.9. The number of guanidine groups is 1. The highest BCUT2D eigenvalue weighted by Crippen LogP contribution is 2.10. The molecular weight excluding hydrogens is 489 g/mol. The van der Waals surface area contributed by atoms with Crippen LogP contribution in [0.4, 0.5) is 0 Å². The van der Waals surface area contributed by atoms with Gasteiger partial charge in [-0.1, -0.05) is 45.0 Å². The predicted octanol–water partition coefficient (Wildman–Crippen LogP) is 3.17. The number of likely N-dealkylation sites (N-methyl/N-ethyl adjacent to an activating group) is 1. The number of aliphatic imine (C=N–C) groups is 1. The Balaban J connectivity index is 0.00000450. The molecule has 6 nitrogen and oxygen atoms in total. The van der Waals surface area contributed by atoms with Crippen LogP contribution in [0.25, 0.3) is 0 Å². The van der Waals surface area contributed by atoms with E-state index in [1.807, 2.05) is 7.05 Å². The molecule has 0 amide bonds. The SMILES string of the molecule is CCN1CCN(Cc2ccc(CNC(=NC)NCCCOCC(C)C)cc2)CC1.I. The number of piperazine rings is 1. The van der Waals surface area contributed by atoms with Gasteiger partial charge in [-0.25, -0.2) is 0 Å². The average Bonchev–Trinajstić information content (AvgIpc) is 2.74. The van der Waals surface area contributed by atoms with Crippen molar-refractivity contribution in [1.29, 1.82) is 0 Å². The zero-order chi connectivity index (χ0) is 20.9. The molecule has 1 aliphatic rings. The Morgan fingerprint density at radius 1 is 1.03 bits per heavy atom. The second-order valence-corrected chi connectivity index (χ2v) is 8.20. The zero-order valence-corrected chi connectivity index (χ0v) is 21.7. The van der Waals surface area contributed by atoms with Gasteiger partial charge in [0.2, 0.25) is 0 Å². The van der Waals surface area contributed by atoms with E-state index in [0.717, 1.165) is 45.2 Å². The first kappa shape index (κ1) is 27.1. The number of halogens is 1. The summed E-state index contributed by atoms with van der Waals surface area (Å²) in [4.78, 5) is 9.37. The normalized spacial score (nSPS) is 15.8. The van der Waals surface area contributed by atoms with E-state index in [0.29, 0.717) is 5.92 Å². The number of rotatable bonds is 11. The molecule has 1 aromatic carbocycles. The number of nitrogens with zero attached hydrogens (tertiary/aromatic N) is 3. The Morgan fingerprint density at radius 2 is 1.67 bits per heavy atom. The topological polar surface area (TPSA) is 52.1 Å². The van der Waals surface area contributed by atoms with E-state index in [1.165, 1.54) is 43.9 Å². The van der Waals surface area contributed by atoms with Crippen molar-refractivity contribution < 1.29 is 4.74 Å². The highest BCUT2D eigenvalue weighted by molar-refractivity contribution is 14.0. The van der Waals surface area contributed by atoms with Crippen molar-refractivity contribution in [2.75, 3.05) is 59.5 Å². The first-order chi connectivity index (χ1) is 14.1. The maximum absolute atomic E-state index is 5.61. The van der Waals surface area contributed by atoms with Gasteiger partial charge >= 0.3 is 0 Å². The molecule has 0 aliphatic carbocycles. The maximum atomic E-state index is 5.61. The van der Waals surface area contributed by atoms with Crippen LogP contribution < -0.4 is 10.6 Å². The van der Waals surface area contributed by atoms with Gasteiger partial charge in [-0.3, -0.25) is 9.89 Å². The first-order valence-corrected chi connectivity index (χ1v) is 11.2. The Bertz CT molecular complexity index is 586. The molecule has 1 aliphatic heterocycles. The number of benzene rings is 1. The molecule has 172 valence electrons. The molecule has 0 aromatic heterocycles. The highest BCUT2D eigenvalue weighted by Gasteiger charge is 2.15. The average molecular weight is 532 g/mol.